The van der Waals surface area contributed by atoms with E-state index in [1.807, 2.05) is 6.92 Å². The number of thioether (sulfide) groups is 1. The maximum absolute atomic E-state index is 13.5. The zero-order valence-electron chi connectivity index (χ0n) is 16.4. The van der Waals surface area contributed by atoms with E-state index in [0.717, 1.165) is 44.3 Å². The Bertz CT molecular complexity index is 575. The summed E-state index contributed by atoms with van der Waals surface area (Å²) in [6, 6.07) is 0. The van der Waals surface area contributed by atoms with Crippen molar-refractivity contribution < 1.29 is 14.7 Å². The zero-order valence-corrected chi connectivity index (χ0v) is 17.2. The molecule has 0 aromatic rings. The molecule has 25 heavy (non-hydrogen) atoms. The van der Waals surface area contributed by atoms with Crippen LogP contribution in [0.1, 0.15) is 66.2 Å². The van der Waals surface area contributed by atoms with Crippen LogP contribution >= 0.6 is 11.8 Å². The summed E-state index contributed by atoms with van der Waals surface area (Å²) in [5.41, 5.74) is -0.904. The molecule has 0 aromatic heterocycles. The highest BCUT2D eigenvalue weighted by Gasteiger charge is 2.65. The van der Waals surface area contributed by atoms with Crippen LogP contribution in [0.2, 0.25) is 0 Å². The number of Topliss-reactive ketones (excluding diaryl/α,β-unsaturated/α-hetero) is 1. The van der Waals surface area contributed by atoms with E-state index in [9.17, 15) is 14.7 Å². The van der Waals surface area contributed by atoms with Crippen molar-refractivity contribution in [3.05, 3.63) is 0 Å². The lowest BCUT2D eigenvalue weighted by Crippen LogP contribution is -2.62. The number of carboxylic acid groups (broad SMARTS) is 1. The van der Waals surface area contributed by atoms with Crippen molar-refractivity contribution in [2.45, 2.75) is 66.2 Å². The number of carbonyl (C=O) groups excluding carboxylic acids is 1. The topological polar surface area (TPSA) is 54.4 Å². The van der Waals surface area contributed by atoms with Crippen molar-refractivity contribution in [3.63, 3.8) is 0 Å². The third-order valence-corrected chi connectivity index (χ3v) is 9.22. The summed E-state index contributed by atoms with van der Waals surface area (Å²) >= 11 is 1.78. The summed E-state index contributed by atoms with van der Waals surface area (Å²) in [6.07, 6.45) is 7.76. The minimum absolute atomic E-state index is 0.0212. The van der Waals surface area contributed by atoms with Gasteiger partial charge in [-0.15, -0.1) is 0 Å². The number of fused-ring (bicyclic) bond motifs is 3. The number of aliphatic carboxylic acids is 1. The van der Waals surface area contributed by atoms with Gasteiger partial charge in [0.25, 0.3) is 0 Å². The molecule has 0 radical (unpaired) electrons. The van der Waals surface area contributed by atoms with Gasteiger partial charge >= 0.3 is 5.97 Å². The highest BCUT2D eigenvalue weighted by atomic mass is 32.2. The molecule has 7 atom stereocenters. The average molecular weight is 367 g/mol. The molecule has 3 rings (SSSR count). The summed E-state index contributed by atoms with van der Waals surface area (Å²) in [7, 11) is 0. The van der Waals surface area contributed by atoms with Gasteiger partial charge in [-0.05, 0) is 68.5 Å². The van der Waals surface area contributed by atoms with Crippen LogP contribution in [0, 0.1) is 39.9 Å². The molecule has 0 unspecified atom stereocenters. The predicted octanol–water partition coefficient (Wildman–Crippen LogP) is 4.89. The Morgan fingerprint density at radius 3 is 2.48 bits per heavy atom. The predicted molar refractivity (Wildman–Crippen MR) is 103 cm³/mol. The third kappa shape index (κ3) is 2.61. The molecule has 3 saturated carbocycles. The van der Waals surface area contributed by atoms with Gasteiger partial charge in [0.1, 0.15) is 5.78 Å². The van der Waals surface area contributed by atoms with E-state index in [4.69, 9.17) is 0 Å². The quantitative estimate of drug-likeness (QED) is 0.773. The molecule has 0 heterocycles. The van der Waals surface area contributed by atoms with Crippen LogP contribution in [-0.2, 0) is 9.59 Å². The highest BCUT2D eigenvalue weighted by molar-refractivity contribution is 7.98. The molecule has 0 saturated heterocycles. The van der Waals surface area contributed by atoms with Crippen LogP contribution < -0.4 is 0 Å². The first-order valence-corrected chi connectivity index (χ1v) is 11.3. The first-order valence-electron chi connectivity index (χ1n) is 9.88. The second-order valence-electron chi connectivity index (χ2n) is 9.78. The molecule has 1 N–H and O–H groups in total. The Balaban J connectivity index is 2.00. The second-order valence-corrected chi connectivity index (χ2v) is 10.7. The molecule has 3 aliphatic carbocycles. The average Bonchev–Trinajstić information content (AvgIpc) is 2.54. The van der Waals surface area contributed by atoms with Gasteiger partial charge in [-0.3, -0.25) is 9.59 Å². The molecule has 0 bridgehead atoms. The Hall–Kier alpha value is -0.510. The standard InChI is InChI=1S/C21H34O3S/c1-13-11-16-19(2)8-6-9-21(4,18(23)24)15(19)7-10-20(16,3)17(22)14(13)12-25-5/h13-16H,6-12H2,1-5H3,(H,23,24)/t13-,14-,15-,16-,19+,20-,21+/m0/s1. The summed E-state index contributed by atoms with van der Waals surface area (Å²) in [5, 5.41) is 9.96. The number of carbonyl (C=O) groups is 2. The van der Waals surface area contributed by atoms with Crippen LogP contribution in [-0.4, -0.2) is 28.9 Å². The number of ketones is 1. The van der Waals surface area contributed by atoms with Crippen LogP contribution in [0.3, 0.4) is 0 Å². The van der Waals surface area contributed by atoms with Gasteiger partial charge in [0.15, 0.2) is 0 Å². The fraction of sp³-hybridized carbons (Fsp3) is 0.905. The number of hydrogen-bond donors (Lipinski definition) is 1. The lowest BCUT2D eigenvalue weighted by molar-refractivity contribution is -0.188. The summed E-state index contributed by atoms with van der Waals surface area (Å²) in [6.45, 7) is 8.72. The fourth-order valence-corrected chi connectivity index (χ4v) is 7.88. The van der Waals surface area contributed by atoms with Gasteiger partial charge in [-0.2, -0.15) is 11.8 Å². The van der Waals surface area contributed by atoms with Gasteiger partial charge in [0.05, 0.1) is 5.41 Å². The maximum atomic E-state index is 13.5. The normalized spacial score (nSPS) is 50.0. The number of carboxylic acids is 1. The van der Waals surface area contributed by atoms with E-state index in [-0.39, 0.29) is 22.7 Å². The molecule has 0 amide bonds. The Labute approximate surface area is 156 Å². The molecule has 142 valence electrons. The van der Waals surface area contributed by atoms with Gasteiger partial charge < -0.3 is 5.11 Å². The molecule has 4 heteroatoms. The van der Waals surface area contributed by atoms with Crippen molar-refractivity contribution >= 4 is 23.5 Å². The molecular formula is C21H34O3S. The first-order chi connectivity index (χ1) is 11.6. The third-order valence-electron chi connectivity index (χ3n) is 8.52. The van der Waals surface area contributed by atoms with Crippen LogP contribution in [0.25, 0.3) is 0 Å². The number of rotatable bonds is 3. The van der Waals surface area contributed by atoms with E-state index >= 15 is 0 Å². The Morgan fingerprint density at radius 1 is 1.20 bits per heavy atom. The van der Waals surface area contributed by atoms with E-state index in [1.165, 1.54) is 0 Å². The largest absolute Gasteiger partial charge is 0.481 e. The molecule has 0 aliphatic heterocycles. The molecule has 3 nitrogen and oxygen atoms in total. The molecule has 3 fully saturated rings. The molecule has 0 aromatic carbocycles. The Morgan fingerprint density at radius 2 is 1.88 bits per heavy atom. The summed E-state index contributed by atoms with van der Waals surface area (Å²) in [5.74, 6) is 1.86. The lowest BCUT2D eigenvalue weighted by atomic mass is 9.39. The van der Waals surface area contributed by atoms with Crippen molar-refractivity contribution in [2.75, 3.05) is 12.0 Å². The molecule has 0 spiro atoms. The van der Waals surface area contributed by atoms with Crippen molar-refractivity contribution in [2.24, 2.45) is 39.9 Å². The van der Waals surface area contributed by atoms with E-state index in [1.54, 1.807) is 11.8 Å². The molecule has 3 aliphatic rings. The van der Waals surface area contributed by atoms with Gasteiger partial charge in [0, 0.05) is 17.1 Å². The minimum atomic E-state index is -0.637. The highest BCUT2D eigenvalue weighted by Crippen LogP contribution is 2.67. The smallest absolute Gasteiger partial charge is 0.309 e. The van der Waals surface area contributed by atoms with Crippen molar-refractivity contribution in [1.82, 2.24) is 0 Å². The lowest BCUT2D eigenvalue weighted by Gasteiger charge is -2.64. The second kappa shape index (κ2) is 6.28. The van der Waals surface area contributed by atoms with Gasteiger partial charge in [-0.25, -0.2) is 0 Å². The van der Waals surface area contributed by atoms with Gasteiger partial charge in [0.2, 0.25) is 0 Å². The zero-order chi connectivity index (χ0) is 18.6. The first kappa shape index (κ1) is 19.3. The maximum Gasteiger partial charge on any atom is 0.309 e. The summed E-state index contributed by atoms with van der Waals surface area (Å²) < 4.78 is 0. The van der Waals surface area contributed by atoms with Crippen LogP contribution in [0.4, 0.5) is 0 Å². The van der Waals surface area contributed by atoms with Crippen molar-refractivity contribution in [3.8, 4) is 0 Å². The summed E-state index contributed by atoms with van der Waals surface area (Å²) in [4.78, 5) is 25.6. The Kier molecular flexibility index (Phi) is 4.84. The number of hydrogen-bond acceptors (Lipinski definition) is 3. The van der Waals surface area contributed by atoms with Crippen molar-refractivity contribution in [1.29, 1.82) is 0 Å². The fourth-order valence-electron chi connectivity index (χ4n) is 7.04. The SMILES string of the molecule is CSC[C@@H]1C(=O)[C@@]2(C)CC[C@H]3[C@@](C)(CCC[C@@]3(C)C(=O)O)[C@@H]2C[C@@H]1C. The van der Waals surface area contributed by atoms with Crippen LogP contribution in [0.15, 0.2) is 0 Å². The molecular weight excluding hydrogens is 332 g/mol. The monoisotopic (exact) mass is 366 g/mol. The van der Waals surface area contributed by atoms with Crippen LogP contribution in [0.5, 0.6) is 0 Å². The van der Waals surface area contributed by atoms with E-state index in [0.29, 0.717) is 17.6 Å². The van der Waals surface area contributed by atoms with Gasteiger partial charge in [-0.1, -0.05) is 27.2 Å². The minimum Gasteiger partial charge on any atom is -0.481 e. The van der Waals surface area contributed by atoms with E-state index < -0.39 is 11.4 Å². The van der Waals surface area contributed by atoms with E-state index in [2.05, 4.69) is 27.0 Å².